The normalized spacial score (nSPS) is 11.2. The molecule has 0 fully saturated rings. The number of benzene rings is 2. The summed E-state index contributed by atoms with van der Waals surface area (Å²) in [4.78, 5) is 7.51. The van der Waals surface area contributed by atoms with Crippen LogP contribution in [-0.4, -0.2) is 27.4 Å². The zero-order chi connectivity index (χ0) is 18.4. The molecule has 0 aliphatic heterocycles. The number of anilines is 1. The molecule has 26 heavy (non-hydrogen) atoms. The maximum absolute atomic E-state index is 12.6. The summed E-state index contributed by atoms with van der Waals surface area (Å²) in [7, 11) is -2.40. The van der Waals surface area contributed by atoms with Crippen molar-refractivity contribution in [2.45, 2.75) is 4.90 Å². The lowest BCUT2D eigenvalue weighted by molar-refractivity contribution is -0.00000829. The highest BCUT2D eigenvalue weighted by molar-refractivity contribution is 7.92. The number of halogens is 1. The van der Waals surface area contributed by atoms with Gasteiger partial charge in [-0.3, -0.25) is 4.72 Å². The fraction of sp³-hybridized carbons (Fsp3) is 0.0667. The topological polar surface area (TPSA) is 158 Å². The summed E-state index contributed by atoms with van der Waals surface area (Å²) in [6, 6.07) is 12.5. The maximum Gasteiger partial charge on any atom is 0.262 e. The van der Waals surface area contributed by atoms with Gasteiger partial charge in [0.05, 0.1) is 23.4 Å². The first kappa shape index (κ1) is 21.1. The van der Waals surface area contributed by atoms with Crippen molar-refractivity contribution in [3.8, 4) is 5.75 Å². The van der Waals surface area contributed by atoms with Crippen LogP contribution in [0.4, 0.5) is 11.4 Å². The number of nitrogens with two attached hydrogens (primary N) is 3. The van der Waals surface area contributed by atoms with Crippen molar-refractivity contribution in [3.63, 3.8) is 0 Å². The fourth-order valence-electron chi connectivity index (χ4n) is 1.94. The van der Waals surface area contributed by atoms with E-state index in [1.165, 1.54) is 25.3 Å². The predicted octanol–water partition coefficient (Wildman–Crippen LogP) is -2.28. The molecule has 0 unspecified atom stereocenters. The molecular formula is C15H18ClN6O3S-. The van der Waals surface area contributed by atoms with Crippen LogP contribution in [0.2, 0.25) is 0 Å². The first-order valence-electron chi connectivity index (χ1n) is 7.01. The van der Waals surface area contributed by atoms with Gasteiger partial charge in [0, 0.05) is 0 Å². The van der Waals surface area contributed by atoms with Crippen LogP contribution in [0.5, 0.6) is 5.75 Å². The smallest absolute Gasteiger partial charge is 0.262 e. The van der Waals surface area contributed by atoms with E-state index in [0.717, 1.165) is 0 Å². The van der Waals surface area contributed by atoms with Crippen molar-refractivity contribution in [1.29, 1.82) is 0 Å². The second-order valence-electron chi connectivity index (χ2n) is 4.81. The molecule has 2 rings (SSSR count). The van der Waals surface area contributed by atoms with Crippen molar-refractivity contribution < 1.29 is 25.6 Å². The quantitative estimate of drug-likeness (QED) is 0.328. The van der Waals surface area contributed by atoms with Gasteiger partial charge < -0.3 is 34.3 Å². The van der Waals surface area contributed by atoms with Gasteiger partial charge in [-0.1, -0.05) is 18.2 Å². The van der Waals surface area contributed by atoms with Gasteiger partial charge in [0.1, 0.15) is 5.75 Å². The van der Waals surface area contributed by atoms with Gasteiger partial charge in [-0.15, -0.1) is 0 Å². The molecule has 0 atom stereocenters. The van der Waals surface area contributed by atoms with Gasteiger partial charge >= 0.3 is 0 Å². The van der Waals surface area contributed by atoms with E-state index >= 15 is 0 Å². The first-order chi connectivity index (χ1) is 11.8. The van der Waals surface area contributed by atoms with Gasteiger partial charge in [-0.25, -0.2) is 13.4 Å². The molecule has 9 nitrogen and oxygen atoms in total. The van der Waals surface area contributed by atoms with Crippen molar-refractivity contribution in [1.82, 2.24) is 0 Å². The molecule has 140 valence electrons. The molecule has 0 saturated heterocycles. The summed E-state index contributed by atoms with van der Waals surface area (Å²) in [5, 5.41) is 0. The van der Waals surface area contributed by atoms with Gasteiger partial charge in [0.2, 0.25) is 5.96 Å². The Hall–Kier alpha value is -2.98. The fourth-order valence-corrected chi connectivity index (χ4v) is 3.05. The van der Waals surface area contributed by atoms with Crippen molar-refractivity contribution in [2.24, 2.45) is 27.2 Å². The molecule has 0 radical (unpaired) electrons. The molecule has 0 amide bonds. The van der Waals surface area contributed by atoms with Crippen LogP contribution in [0.25, 0.3) is 0 Å². The van der Waals surface area contributed by atoms with E-state index in [-0.39, 0.29) is 34.9 Å². The van der Waals surface area contributed by atoms with Crippen LogP contribution >= 0.6 is 0 Å². The lowest BCUT2D eigenvalue weighted by Crippen LogP contribution is -3.00. The monoisotopic (exact) mass is 397 g/mol. The predicted molar refractivity (Wildman–Crippen MR) is 97.3 cm³/mol. The number of aliphatic imine (C=N–C) groups is 2. The minimum atomic E-state index is -3.85. The highest BCUT2D eigenvalue weighted by atomic mass is 35.5. The zero-order valence-electron chi connectivity index (χ0n) is 13.8. The number of guanidine groups is 2. The second kappa shape index (κ2) is 8.92. The highest BCUT2D eigenvalue weighted by Gasteiger charge is 2.16. The molecule has 0 bridgehead atoms. The molecule has 0 spiro atoms. The molecule has 7 N–H and O–H groups in total. The van der Waals surface area contributed by atoms with Crippen LogP contribution in [0.3, 0.4) is 0 Å². The maximum atomic E-state index is 12.6. The number of methoxy groups -OCH3 is 1. The minimum absolute atomic E-state index is 0. The third kappa shape index (κ3) is 5.53. The number of para-hydroxylation sites is 2. The van der Waals surface area contributed by atoms with Crippen LogP contribution in [0.1, 0.15) is 0 Å². The molecule has 11 heteroatoms. The SMILES string of the molecule is COc1ccccc1NS(=O)(=O)c1cccc(N=C(N)N=C(N)N)c1.[Cl-]. The summed E-state index contributed by atoms with van der Waals surface area (Å²) in [6.45, 7) is 0. The Bertz CT molecular complexity index is 926. The lowest BCUT2D eigenvalue weighted by Gasteiger charge is -2.11. The summed E-state index contributed by atoms with van der Waals surface area (Å²) >= 11 is 0. The van der Waals surface area contributed by atoms with E-state index in [1.807, 2.05) is 0 Å². The standard InChI is InChI=1S/C15H18N6O3S.ClH/c1-24-13-8-3-2-7-12(13)21-25(22,23)11-6-4-5-10(9-11)19-15(18)20-14(16)17;/h2-9,21H,1H3,(H6,16,17,18,19,20);1H/p-1. The van der Waals surface area contributed by atoms with Gasteiger partial charge in [0.25, 0.3) is 10.0 Å². The molecule has 0 aliphatic rings. The number of ether oxygens (including phenoxy) is 1. The van der Waals surface area contributed by atoms with Crippen molar-refractivity contribution in [2.75, 3.05) is 11.8 Å². The lowest BCUT2D eigenvalue weighted by atomic mass is 10.3. The molecule has 2 aromatic rings. The van der Waals surface area contributed by atoms with Gasteiger partial charge in [0.15, 0.2) is 5.96 Å². The van der Waals surface area contributed by atoms with E-state index in [1.54, 1.807) is 30.3 Å². The Labute approximate surface area is 157 Å². The van der Waals surface area contributed by atoms with Crippen LogP contribution in [-0.2, 0) is 10.0 Å². The second-order valence-corrected chi connectivity index (χ2v) is 6.49. The molecule has 0 heterocycles. The van der Waals surface area contributed by atoms with Gasteiger partial charge in [-0.2, -0.15) is 4.99 Å². The summed E-state index contributed by atoms with van der Waals surface area (Å²) in [5.41, 5.74) is 16.6. The molecule has 0 aromatic heterocycles. The average molecular weight is 398 g/mol. The van der Waals surface area contributed by atoms with E-state index in [0.29, 0.717) is 11.4 Å². The zero-order valence-corrected chi connectivity index (χ0v) is 15.3. The van der Waals surface area contributed by atoms with Crippen molar-refractivity contribution >= 4 is 33.3 Å². The molecular weight excluding hydrogens is 380 g/mol. The Balaban J connectivity index is 0.00000338. The Morgan fingerprint density at radius 2 is 1.77 bits per heavy atom. The van der Waals surface area contributed by atoms with Crippen LogP contribution in [0.15, 0.2) is 63.4 Å². The highest BCUT2D eigenvalue weighted by Crippen LogP contribution is 2.27. The van der Waals surface area contributed by atoms with E-state index < -0.39 is 10.0 Å². The average Bonchev–Trinajstić information content (AvgIpc) is 2.54. The largest absolute Gasteiger partial charge is 1.00 e. The Morgan fingerprint density at radius 3 is 2.42 bits per heavy atom. The number of nitrogens with one attached hydrogen (secondary N) is 1. The minimum Gasteiger partial charge on any atom is -1.00 e. The molecule has 0 aliphatic carbocycles. The van der Waals surface area contributed by atoms with Crippen LogP contribution < -0.4 is 39.1 Å². The summed E-state index contributed by atoms with van der Waals surface area (Å²) in [5.74, 6) is -0.0349. The summed E-state index contributed by atoms with van der Waals surface area (Å²) in [6.07, 6.45) is 0. The molecule has 2 aromatic carbocycles. The Kier molecular flexibility index (Phi) is 7.23. The van der Waals surface area contributed by atoms with E-state index in [9.17, 15) is 8.42 Å². The number of rotatable bonds is 5. The number of hydrogen-bond donors (Lipinski definition) is 4. The number of hydrogen-bond acceptors (Lipinski definition) is 4. The third-order valence-corrected chi connectivity index (χ3v) is 4.33. The number of sulfonamides is 1. The summed E-state index contributed by atoms with van der Waals surface area (Å²) < 4.78 is 32.7. The van der Waals surface area contributed by atoms with Crippen molar-refractivity contribution in [3.05, 3.63) is 48.5 Å². The first-order valence-corrected chi connectivity index (χ1v) is 8.50. The van der Waals surface area contributed by atoms with E-state index in [2.05, 4.69) is 14.7 Å². The van der Waals surface area contributed by atoms with E-state index in [4.69, 9.17) is 21.9 Å². The van der Waals surface area contributed by atoms with Crippen LogP contribution in [0, 0.1) is 0 Å². The molecule has 0 saturated carbocycles. The number of nitrogens with zero attached hydrogens (tertiary/aromatic N) is 2. The van der Waals surface area contributed by atoms with Gasteiger partial charge in [-0.05, 0) is 30.3 Å². The Morgan fingerprint density at radius 1 is 1.08 bits per heavy atom. The third-order valence-electron chi connectivity index (χ3n) is 2.97.